The fraction of sp³-hybridized carbons (Fsp3) is 0.429. The minimum absolute atomic E-state index is 0.248. The van der Waals surface area contributed by atoms with Gasteiger partial charge >= 0.3 is 5.97 Å². The van der Waals surface area contributed by atoms with Gasteiger partial charge in [-0.05, 0) is 38.3 Å². The van der Waals surface area contributed by atoms with E-state index in [1.54, 1.807) is 13.0 Å². The summed E-state index contributed by atoms with van der Waals surface area (Å²) in [6, 6.07) is 1.77. The maximum absolute atomic E-state index is 11.2. The molecule has 18 heavy (non-hydrogen) atoms. The summed E-state index contributed by atoms with van der Waals surface area (Å²) in [5.74, 6) is 2.07. The molecule has 2 N–H and O–H groups in total. The molecule has 0 fully saturated rings. The number of hydrogen-bond donors (Lipinski definition) is 2. The molecule has 0 unspecified atom stereocenters. The second-order valence-electron chi connectivity index (χ2n) is 4.20. The average molecular weight is 246 g/mol. The SMILES string of the molecule is C#CCCCCNc1nc(C)cc(C)c1C(=O)O. The van der Waals surface area contributed by atoms with Crippen LogP contribution in [0.4, 0.5) is 5.82 Å². The zero-order chi connectivity index (χ0) is 13.5. The van der Waals surface area contributed by atoms with Crippen molar-refractivity contribution in [3.05, 3.63) is 22.9 Å². The molecule has 4 heteroatoms. The van der Waals surface area contributed by atoms with E-state index in [1.807, 2.05) is 6.92 Å². The Balaban J connectivity index is 2.75. The molecule has 0 radical (unpaired) electrons. The molecule has 0 aromatic carbocycles. The molecule has 0 saturated carbocycles. The molecular formula is C14H18N2O2. The highest BCUT2D eigenvalue weighted by Gasteiger charge is 2.15. The number of hydrogen-bond acceptors (Lipinski definition) is 3. The Morgan fingerprint density at radius 3 is 2.83 bits per heavy atom. The zero-order valence-corrected chi connectivity index (χ0v) is 10.8. The van der Waals surface area contributed by atoms with Gasteiger partial charge in [0.2, 0.25) is 0 Å². The van der Waals surface area contributed by atoms with Gasteiger partial charge in [0.05, 0.1) is 0 Å². The van der Waals surface area contributed by atoms with Crippen molar-refractivity contribution in [2.45, 2.75) is 33.1 Å². The topological polar surface area (TPSA) is 62.2 Å². The van der Waals surface area contributed by atoms with Crippen LogP contribution in [-0.4, -0.2) is 22.6 Å². The molecule has 1 aromatic heterocycles. The van der Waals surface area contributed by atoms with Gasteiger partial charge in [-0.15, -0.1) is 12.3 Å². The summed E-state index contributed by atoms with van der Waals surface area (Å²) in [6.07, 6.45) is 7.74. The van der Waals surface area contributed by atoms with Gasteiger partial charge in [-0.25, -0.2) is 9.78 Å². The Hall–Kier alpha value is -2.02. The lowest BCUT2D eigenvalue weighted by Crippen LogP contribution is -2.12. The summed E-state index contributed by atoms with van der Waals surface area (Å²) < 4.78 is 0. The van der Waals surface area contributed by atoms with Gasteiger partial charge in [0.15, 0.2) is 0 Å². The standard InChI is InChI=1S/C14H18N2O2/c1-4-5-6-7-8-15-13-12(14(17)18)10(2)9-11(3)16-13/h1,9H,5-8H2,2-3H3,(H,15,16)(H,17,18). The van der Waals surface area contributed by atoms with Gasteiger partial charge in [-0.3, -0.25) is 0 Å². The third-order valence-electron chi connectivity index (χ3n) is 2.60. The number of rotatable bonds is 6. The van der Waals surface area contributed by atoms with E-state index in [4.69, 9.17) is 6.42 Å². The van der Waals surface area contributed by atoms with Crippen molar-refractivity contribution in [1.82, 2.24) is 4.98 Å². The number of aryl methyl sites for hydroxylation is 2. The minimum Gasteiger partial charge on any atom is -0.478 e. The van der Waals surface area contributed by atoms with E-state index in [0.29, 0.717) is 12.4 Å². The van der Waals surface area contributed by atoms with Crippen LogP contribution in [0.5, 0.6) is 0 Å². The van der Waals surface area contributed by atoms with Crippen molar-refractivity contribution in [2.75, 3.05) is 11.9 Å². The van der Waals surface area contributed by atoms with Crippen molar-refractivity contribution in [3.63, 3.8) is 0 Å². The normalized spacial score (nSPS) is 9.83. The molecule has 0 spiro atoms. The molecule has 1 rings (SSSR count). The first-order valence-corrected chi connectivity index (χ1v) is 5.95. The van der Waals surface area contributed by atoms with Gasteiger partial charge in [0.1, 0.15) is 11.4 Å². The molecule has 0 bridgehead atoms. The molecule has 0 saturated heterocycles. The Morgan fingerprint density at radius 2 is 2.22 bits per heavy atom. The number of terminal acetylenes is 1. The van der Waals surface area contributed by atoms with Crippen LogP contribution in [0.1, 0.15) is 40.9 Å². The monoisotopic (exact) mass is 246 g/mol. The quantitative estimate of drug-likeness (QED) is 0.598. The fourth-order valence-electron chi connectivity index (χ4n) is 1.79. The molecule has 96 valence electrons. The predicted molar refractivity (Wildman–Crippen MR) is 71.8 cm³/mol. The lowest BCUT2D eigenvalue weighted by Gasteiger charge is -2.11. The predicted octanol–water partition coefficient (Wildman–Crippen LogP) is 2.61. The van der Waals surface area contributed by atoms with E-state index in [-0.39, 0.29) is 5.56 Å². The Kier molecular flexibility index (Phi) is 5.19. The summed E-state index contributed by atoms with van der Waals surface area (Å²) in [7, 11) is 0. The molecule has 0 amide bonds. The number of nitrogens with zero attached hydrogens (tertiary/aromatic N) is 1. The molecular weight excluding hydrogens is 228 g/mol. The highest BCUT2D eigenvalue weighted by atomic mass is 16.4. The first-order valence-electron chi connectivity index (χ1n) is 5.95. The van der Waals surface area contributed by atoms with Crippen LogP contribution in [-0.2, 0) is 0 Å². The van der Waals surface area contributed by atoms with E-state index in [2.05, 4.69) is 16.2 Å². The van der Waals surface area contributed by atoms with Gasteiger partial charge in [-0.1, -0.05) is 0 Å². The summed E-state index contributed by atoms with van der Waals surface area (Å²) >= 11 is 0. The molecule has 1 aromatic rings. The van der Waals surface area contributed by atoms with E-state index in [0.717, 1.165) is 30.5 Å². The van der Waals surface area contributed by atoms with E-state index >= 15 is 0 Å². The van der Waals surface area contributed by atoms with Crippen LogP contribution in [0.15, 0.2) is 6.07 Å². The minimum atomic E-state index is -0.953. The number of anilines is 1. The fourth-order valence-corrected chi connectivity index (χ4v) is 1.79. The van der Waals surface area contributed by atoms with Gasteiger partial charge in [-0.2, -0.15) is 0 Å². The first-order chi connectivity index (χ1) is 8.56. The average Bonchev–Trinajstić information content (AvgIpc) is 2.27. The van der Waals surface area contributed by atoms with Crippen LogP contribution in [0, 0.1) is 26.2 Å². The van der Waals surface area contributed by atoms with Gasteiger partial charge in [0.25, 0.3) is 0 Å². The third-order valence-corrected chi connectivity index (χ3v) is 2.60. The highest BCUT2D eigenvalue weighted by molar-refractivity contribution is 5.94. The molecule has 4 nitrogen and oxygen atoms in total. The van der Waals surface area contributed by atoms with Crippen LogP contribution in [0.2, 0.25) is 0 Å². The number of carbonyl (C=O) groups is 1. The summed E-state index contributed by atoms with van der Waals surface area (Å²) in [5.41, 5.74) is 1.78. The zero-order valence-electron chi connectivity index (χ0n) is 10.8. The summed E-state index contributed by atoms with van der Waals surface area (Å²) in [5, 5.41) is 12.2. The number of pyridine rings is 1. The second kappa shape index (κ2) is 6.65. The van der Waals surface area contributed by atoms with E-state index in [1.165, 1.54) is 0 Å². The number of aromatic nitrogens is 1. The van der Waals surface area contributed by atoms with E-state index in [9.17, 15) is 9.90 Å². The van der Waals surface area contributed by atoms with Gasteiger partial charge in [0, 0.05) is 18.7 Å². The van der Waals surface area contributed by atoms with Crippen molar-refractivity contribution in [1.29, 1.82) is 0 Å². The van der Waals surface area contributed by atoms with Gasteiger partial charge < -0.3 is 10.4 Å². The Labute approximate surface area is 107 Å². The number of carboxylic acids is 1. The van der Waals surface area contributed by atoms with Crippen molar-refractivity contribution in [3.8, 4) is 12.3 Å². The number of carboxylic acid groups (broad SMARTS) is 1. The largest absolute Gasteiger partial charge is 0.478 e. The lowest BCUT2D eigenvalue weighted by atomic mass is 10.1. The summed E-state index contributed by atoms with van der Waals surface area (Å²) in [4.78, 5) is 15.4. The molecule has 0 aliphatic rings. The van der Waals surface area contributed by atoms with Crippen LogP contribution in [0.3, 0.4) is 0 Å². The van der Waals surface area contributed by atoms with Crippen molar-refractivity contribution < 1.29 is 9.90 Å². The first kappa shape index (κ1) is 14.0. The maximum atomic E-state index is 11.2. The number of unbranched alkanes of at least 4 members (excludes halogenated alkanes) is 2. The van der Waals surface area contributed by atoms with E-state index < -0.39 is 5.97 Å². The second-order valence-corrected chi connectivity index (χ2v) is 4.20. The smallest absolute Gasteiger partial charge is 0.339 e. The van der Waals surface area contributed by atoms with Crippen LogP contribution in [0.25, 0.3) is 0 Å². The Morgan fingerprint density at radius 1 is 1.50 bits per heavy atom. The van der Waals surface area contributed by atoms with Crippen LogP contribution >= 0.6 is 0 Å². The summed E-state index contributed by atoms with van der Waals surface area (Å²) in [6.45, 7) is 4.31. The molecule has 0 atom stereocenters. The van der Waals surface area contributed by atoms with Crippen molar-refractivity contribution in [2.24, 2.45) is 0 Å². The van der Waals surface area contributed by atoms with Crippen molar-refractivity contribution >= 4 is 11.8 Å². The third kappa shape index (κ3) is 3.77. The molecule has 0 aliphatic carbocycles. The van der Waals surface area contributed by atoms with Crippen LogP contribution < -0.4 is 5.32 Å². The molecule has 0 aliphatic heterocycles. The maximum Gasteiger partial charge on any atom is 0.339 e. The Bertz CT molecular complexity index is 475. The number of aromatic carboxylic acids is 1. The lowest BCUT2D eigenvalue weighted by molar-refractivity contribution is 0.0697. The number of nitrogens with one attached hydrogen (secondary N) is 1. The highest BCUT2D eigenvalue weighted by Crippen LogP contribution is 2.18. The molecule has 1 heterocycles.